The SMILES string of the molecule is COC(=O)[C@H]1Cc2ccccc2C[NH+]1Cc1ccc(C(=O)Nc2ccccc2)cc1. The van der Waals surface area contributed by atoms with Gasteiger partial charge in [-0.25, -0.2) is 4.79 Å². The molecule has 1 heterocycles. The zero-order valence-electron chi connectivity index (χ0n) is 16.9. The topological polar surface area (TPSA) is 59.8 Å². The number of anilines is 1. The van der Waals surface area contributed by atoms with E-state index in [9.17, 15) is 9.59 Å². The molecule has 5 heteroatoms. The van der Waals surface area contributed by atoms with Crippen LogP contribution in [0.1, 0.15) is 27.0 Å². The van der Waals surface area contributed by atoms with Gasteiger partial charge in [0.05, 0.1) is 7.11 Å². The average Bonchev–Trinajstić information content (AvgIpc) is 2.79. The maximum Gasteiger partial charge on any atom is 0.365 e. The van der Waals surface area contributed by atoms with Crippen molar-refractivity contribution < 1.29 is 19.2 Å². The summed E-state index contributed by atoms with van der Waals surface area (Å²) in [7, 11) is 1.45. The number of quaternary nitrogens is 1. The zero-order chi connectivity index (χ0) is 20.9. The predicted octanol–water partition coefficient (Wildman–Crippen LogP) is 2.62. The van der Waals surface area contributed by atoms with Crippen LogP contribution in [0.2, 0.25) is 0 Å². The molecule has 3 aromatic carbocycles. The van der Waals surface area contributed by atoms with Crippen LogP contribution in [0.4, 0.5) is 5.69 Å². The minimum atomic E-state index is -0.231. The number of amides is 1. The molecule has 5 nitrogen and oxygen atoms in total. The molecule has 0 bridgehead atoms. The maximum absolute atomic E-state index is 12.5. The van der Waals surface area contributed by atoms with Gasteiger partial charge in [0.1, 0.15) is 13.1 Å². The molecule has 0 fully saturated rings. The summed E-state index contributed by atoms with van der Waals surface area (Å²) in [6.07, 6.45) is 0.676. The van der Waals surface area contributed by atoms with Crippen LogP contribution >= 0.6 is 0 Å². The van der Waals surface area contributed by atoms with E-state index in [0.717, 1.165) is 22.7 Å². The zero-order valence-corrected chi connectivity index (χ0v) is 16.9. The van der Waals surface area contributed by atoms with E-state index in [1.807, 2.05) is 66.7 Å². The second kappa shape index (κ2) is 8.93. The second-order valence-electron chi connectivity index (χ2n) is 7.58. The van der Waals surface area contributed by atoms with Crippen molar-refractivity contribution in [3.63, 3.8) is 0 Å². The molecular weight excluding hydrogens is 376 g/mol. The molecule has 2 N–H and O–H groups in total. The highest BCUT2D eigenvalue weighted by atomic mass is 16.5. The van der Waals surface area contributed by atoms with Gasteiger partial charge >= 0.3 is 5.97 Å². The lowest BCUT2D eigenvalue weighted by Gasteiger charge is -2.32. The van der Waals surface area contributed by atoms with Gasteiger partial charge < -0.3 is 15.0 Å². The molecule has 0 saturated heterocycles. The van der Waals surface area contributed by atoms with E-state index in [1.165, 1.54) is 18.2 Å². The Balaban J connectivity index is 1.47. The number of carbonyl (C=O) groups excluding carboxylic acids is 2. The molecule has 0 aliphatic carbocycles. The Morgan fingerprint density at radius 2 is 1.60 bits per heavy atom. The van der Waals surface area contributed by atoms with E-state index in [2.05, 4.69) is 17.4 Å². The standard InChI is InChI=1S/C25H24N2O3/c1-30-25(29)23-15-20-7-5-6-8-21(20)17-27(23)16-18-11-13-19(14-12-18)24(28)26-22-9-3-2-4-10-22/h2-14,23H,15-17H2,1H3,(H,26,28)/p+1/t23-/m1/s1. The number of hydrogen-bond donors (Lipinski definition) is 2. The fourth-order valence-electron chi connectivity index (χ4n) is 4.00. The molecule has 1 aliphatic rings. The van der Waals surface area contributed by atoms with Crippen LogP contribution in [0, 0.1) is 0 Å². The monoisotopic (exact) mass is 401 g/mol. The highest BCUT2D eigenvalue weighted by molar-refractivity contribution is 6.04. The lowest BCUT2D eigenvalue weighted by atomic mass is 9.93. The minimum absolute atomic E-state index is 0.139. The van der Waals surface area contributed by atoms with E-state index in [4.69, 9.17) is 4.74 Å². The highest BCUT2D eigenvalue weighted by Crippen LogP contribution is 2.15. The molecule has 2 atom stereocenters. The second-order valence-corrected chi connectivity index (χ2v) is 7.58. The van der Waals surface area contributed by atoms with Crippen molar-refractivity contribution in [1.82, 2.24) is 0 Å². The predicted molar refractivity (Wildman–Crippen MR) is 115 cm³/mol. The van der Waals surface area contributed by atoms with Crippen molar-refractivity contribution in [1.29, 1.82) is 0 Å². The molecule has 1 aliphatic heterocycles. The van der Waals surface area contributed by atoms with Crippen molar-refractivity contribution in [3.05, 3.63) is 101 Å². The number of rotatable bonds is 5. The molecule has 152 valence electrons. The first-order chi connectivity index (χ1) is 14.6. The Hall–Kier alpha value is -3.44. The summed E-state index contributed by atoms with van der Waals surface area (Å²) in [5, 5.41) is 2.89. The minimum Gasteiger partial charge on any atom is -0.465 e. The molecule has 0 spiro atoms. The lowest BCUT2D eigenvalue weighted by Crippen LogP contribution is -3.15. The molecule has 0 saturated carbocycles. The summed E-state index contributed by atoms with van der Waals surface area (Å²) in [4.78, 5) is 26.0. The third-order valence-electron chi connectivity index (χ3n) is 5.62. The van der Waals surface area contributed by atoms with Crippen molar-refractivity contribution in [2.45, 2.75) is 25.6 Å². The van der Waals surface area contributed by atoms with Crippen LogP contribution in [0.15, 0.2) is 78.9 Å². The van der Waals surface area contributed by atoms with Crippen LogP contribution in [-0.2, 0) is 29.0 Å². The molecule has 1 unspecified atom stereocenters. The van der Waals surface area contributed by atoms with Crippen molar-refractivity contribution in [3.8, 4) is 0 Å². The Morgan fingerprint density at radius 3 is 2.30 bits per heavy atom. The number of methoxy groups -OCH3 is 1. The fourth-order valence-corrected chi connectivity index (χ4v) is 4.00. The smallest absolute Gasteiger partial charge is 0.365 e. The summed E-state index contributed by atoms with van der Waals surface area (Å²) < 4.78 is 5.07. The Morgan fingerprint density at radius 1 is 0.933 bits per heavy atom. The molecular formula is C25H25N2O3+. The number of nitrogens with one attached hydrogen (secondary N) is 2. The third kappa shape index (κ3) is 4.42. The third-order valence-corrected chi connectivity index (χ3v) is 5.62. The molecule has 0 radical (unpaired) electrons. The van der Waals surface area contributed by atoms with Crippen LogP contribution in [-0.4, -0.2) is 25.0 Å². The van der Waals surface area contributed by atoms with Crippen molar-refractivity contribution >= 4 is 17.6 Å². The molecule has 4 rings (SSSR count). The van der Waals surface area contributed by atoms with E-state index < -0.39 is 0 Å². The molecule has 30 heavy (non-hydrogen) atoms. The number of carbonyl (C=O) groups is 2. The number of benzene rings is 3. The van der Waals surface area contributed by atoms with Crippen LogP contribution in [0.25, 0.3) is 0 Å². The van der Waals surface area contributed by atoms with E-state index in [0.29, 0.717) is 18.5 Å². The van der Waals surface area contributed by atoms with E-state index in [1.54, 1.807) is 0 Å². The van der Waals surface area contributed by atoms with Gasteiger partial charge in [0.2, 0.25) is 0 Å². The van der Waals surface area contributed by atoms with Gasteiger partial charge in [-0.3, -0.25) is 4.79 Å². The largest absolute Gasteiger partial charge is 0.465 e. The van der Waals surface area contributed by atoms with Crippen LogP contribution < -0.4 is 10.2 Å². The number of ether oxygens (including phenoxy) is 1. The van der Waals surface area contributed by atoms with Crippen LogP contribution in [0.3, 0.4) is 0 Å². The van der Waals surface area contributed by atoms with Gasteiger partial charge in [-0.15, -0.1) is 0 Å². The van der Waals surface area contributed by atoms with Crippen molar-refractivity contribution in [2.75, 3.05) is 12.4 Å². The highest BCUT2D eigenvalue weighted by Gasteiger charge is 2.35. The first-order valence-electron chi connectivity index (χ1n) is 10.1. The molecule has 0 aromatic heterocycles. The quantitative estimate of drug-likeness (QED) is 0.646. The van der Waals surface area contributed by atoms with E-state index >= 15 is 0 Å². The summed E-state index contributed by atoms with van der Waals surface area (Å²) >= 11 is 0. The van der Waals surface area contributed by atoms with E-state index in [-0.39, 0.29) is 17.9 Å². The van der Waals surface area contributed by atoms with Gasteiger partial charge in [-0.2, -0.15) is 0 Å². The van der Waals surface area contributed by atoms with Crippen LogP contribution in [0.5, 0.6) is 0 Å². The van der Waals surface area contributed by atoms with Gasteiger partial charge in [0.25, 0.3) is 5.91 Å². The summed E-state index contributed by atoms with van der Waals surface area (Å²) in [6.45, 7) is 1.46. The maximum atomic E-state index is 12.5. The molecule has 1 amide bonds. The van der Waals surface area contributed by atoms with Crippen molar-refractivity contribution in [2.24, 2.45) is 0 Å². The lowest BCUT2D eigenvalue weighted by molar-refractivity contribution is -0.945. The number of hydrogen-bond acceptors (Lipinski definition) is 3. The van der Waals surface area contributed by atoms with Gasteiger partial charge in [0.15, 0.2) is 6.04 Å². The summed E-state index contributed by atoms with van der Waals surface area (Å²) in [5.74, 6) is -0.321. The Labute approximate surface area is 176 Å². The molecule has 3 aromatic rings. The number of esters is 1. The Bertz CT molecular complexity index is 1030. The summed E-state index contributed by atoms with van der Waals surface area (Å²) in [6, 6.07) is 25.0. The Kier molecular flexibility index (Phi) is 5.91. The summed E-state index contributed by atoms with van der Waals surface area (Å²) in [5.41, 5.74) is 4.93. The first-order valence-corrected chi connectivity index (χ1v) is 10.1. The normalized spacial score (nSPS) is 17.6. The number of fused-ring (bicyclic) bond motifs is 1. The van der Waals surface area contributed by atoms with Gasteiger partial charge in [-0.05, 0) is 29.8 Å². The number of para-hydroxylation sites is 1. The van der Waals surface area contributed by atoms with Gasteiger partial charge in [0, 0.05) is 28.8 Å². The van der Waals surface area contributed by atoms with Gasteiger partial charge in [-0.1, -0.05) is 54.6 Å². The average molecular weight is 401 g/mol. The first kappa shape index (κ1) is 19.9. The fraction of sp³-hybridized carbons (Fsp3) is 0.200.